The number of hydrogen-bond donors (Lipinski definition) is 0. The molecule has 0 amide bonds. The predicted molar refractivity (Wildman–Crippen MR) is 168 cm³/mol. The van der Waals surface area contributed by atoms with Crippen molar-refractivity contribution in [2.24, 2.45) is 0 Å². The molecule has 2 fully saturated rings. The van der Waals surface area contributed by atoms with Crippen LogP contribution >= 0.6 is 0 Å². The number of methoxy groups -OCH3 is 2. The van der Waals surface area contributed by atoms with E-state index in [-0.39, 0.29) is 26.6 Å². The predicted octanol–water partition coefficient (Wildman–Crippen LogP) is 5.18. The number of ether oxygens (including phenoxy) is 8. The number of esters is 2. The van der Waals surface area contributed by atoms with E-state index in [0.717, 1.165) is 11.3 Å². The van der Waals surface area contributed by atoms with Gasteiger partial charge in [-0.05, 0) is 90.5 Å². The molecule has 0 aromatic heterocycles. The Hall–Kier alpha value is -5.14. The van der Waals surface area contributed by atoms with Crippen LogP contribution in [0.5, 0.6) is 28.7 Å². The maximum Gasteiger partial charge on any atom is 0.343 e. The molecule has 4 aromatic rings. The van der Waals surface area contributed by atoms with E-state index in [2.05, 4.69) is 0 Å². The molecule has 0 N–H and O–H groups in total. The van der Waals surface area contributed by atoms with E-state index in [1.807, 2.05) is 0 Å². The van der Waals surface area contributed by atoms with Gasteiger partial charge in [-0.25, -0.2) is 9.59 Å². The summed E-state index contributed by atoms with van der Waals surface area (Å²) in [5.74, 6) is 1.86. The Morgan fingerprint density at radius 1 is 0.625 bits per heavy atom. The zero-order valence-corrected chi connectivity index (χ0v) is 26.3. The number of carbonyl (C=O) groups is 2. The maximum atomic E-state index is 12.9. The van der Waals surface area contributed by atoms with E-state index in [4.69, 9.17) is 47.7 Å². The zero-order chi connectivity index (χ0) is 33.3. The minimum atomic E-state index is -0.580. The Balaban J connectivity index is 0.906. The Bertz CT molecular complexity index is 1640. The molecule has 12 nitrogen and oxygen atoms in total. The van der Waals surface area contributed by atoms with Crippen molar-refractivity contribution >= 4 is 11.9 Å². The van der Waals surface area contributed by atoms with E-state index < -0.39 is 36.4 Å². The van der Waals surface area contributed by atoms with Gasteiger partial charge in [0.2, 0.25) is 0 Å². The summed E-state index contributed by atoms with van der Waals surface area (Å²) in [4.78, 5) is 35.9. The fourth-order valence-corrected chi connectivity index (χ4v) is 5.10. The standard InChI is InChI=1S/C36H34O12/c1-39-26-11-15-29(16-12-26)46-35(37)25-7-9-28(10-8-25)43-22-44-31-20-41-34-32(21-42-33(31)34)47-36(38)24-5-3-23(4-6-24)19-45-48-30-17-13-27(40-2)14-18-30/h3-18,31-34H,19-22H2,1-2H3/t31-,32+,33+,34+/m0/s1. The molecular formula is C36H34O12. The highest BCUT2D eigenvalue weighted by Crippen LogP contribution is 2.31. The molecule has 2 aliphatic rings. The quantitative estimate of drug-likeness (QED) is 0.0583. The Morgan fingerprint density at radius 3 is 1.79 bits per heavy atom. The van der Waals surface area contributed by atoms with E-state index in [1.54, 1.807) is 111 Å². The lowest BCUT2D eigenvalue weighted by Gasteiger charge is -2.17. The molecule has 6 rings (SSSR count). The molecule has 2 saturated heterocycles. The lowest BCUT2D eigenvalue weighted by Crippen LogP contribution is -2.35. The van der Waals surface area contributed by atoms with Crippen LogP contribution in [0.15, 0.2) is 97.1 Å². The van der Waals surface area contributed by atoms with Gasteiger partial charge in [-0.1, -0.05) is 12.1 Å². The van der Waals surface area contributed by atoms with Crippen LogP contribution in [-0.2, 0) is 30.4 Å². The van der Waals surface area contributed by atoms with Gasteiger partial charge in [0.05, 0.1) is 38.6 Å². The van der Waals surface area contributed by atoms with Gasteiger partial charge in [-0.3, -0.25) is 0 Å². The van der Waals surface area contributed by atoms with Crippen LogP contribution < -0.4 is 23.8 Å². The SMILES string of the molecule is COc1ccc(OOCc2ccc(C(=O)O[C@@H]3CO[C@H]4[C@@H]3OC[C@@H]4OCOc3ccc(C(=O)Oc4ccc(OC)cc4)cc3)cc2)cc1. The highest BCUT2D eigenvalue weighted by Gasteiger charge is 2.50. The number of hydrogen-bond acceptors (Lipinski definition) is 12. The van der Waals surface area contributed by atoms with Crippen LogP contribution in [-0.4, -0.2) is 70.6 Å². The van der Waals surface area contributed by atoms with Gasteiger partial charge in [-0.15, -0.1) is 0 Å². The summed E-state index contributed by atoms with van der Waals surface area (Å²) >= 11 is 0. The summed E-state index contributed by atoms with van der Waals surface area (Å²) in [6, 6.07) is 27.1. The molecule has 250 valence electrons. The van der Waals surface area contributed by atoms with E-state index in [0.29, 0.717) is 34.1 Å². The molecule has 0 radical (unpaired) electrons. The average Bonchev–Trinajstić information content (AvgIpc) is 3.72. The van der Waals surface area contributed by atoms with E-state index in [1.165, 1.54) is 0 Å². The Kier molecular flexibility index (Phi) is 10.7. The van der Waals surface area contributed by atoms with Crippen LogP contribution in [0.25, 0.3) is 0 Å². The van der Waals surface area contributed by atoms with Crippen LogP contribution in [0.1, 0.15) is 26.3 Å². The zero-order valence-electron chi connectivity index (χ0n) is 26.3. The molecule has 48 heavy (non-hydrogen) atoms. The summed E-state index contributed by atoms with van der Waals surface area (Å²) < 4.78 is 44.7. The van der Waals surface area contributed by atoms with Gasteiger partial charge >= 0.3 is 11.9 Å². The molecule has 0 saturated carbocycles. The van der Waals surface area contributed by atoms with E-state index >= 15 is 0 Å². The van der Waals surface area contributed by atoms with Gasteiger partial charge in [0.15, 0.2) is 18.6 Å². The molecule has 0 bridgehead atoms. The molecule has 4 atom stereocenters. The summed E-state index contributed by atoms with van der Waals surface area (Å²) in [6.07, 6.45) is -1.86. The lowest BCUT2D eigenvalue weighted by atomic mass is 10.1. The van der Waals surface area contributed by atoms with Crippen LogP contribution in [0.2, 0.25) is 0 Å². The lowest BCUT2D eigenvalue weighted by molar-refractivity contribution is -0.217. The number of benzene rings is 4. The Morgan fingerprint density at radius 2 is 1.15 bits per heavy atom. The fraction of sp³-hybridized carbons (Fsp3) is 0.278. The average molecular weight is 659 g/mol. The first-order valence-electron chi connectivity index (χ1n) is 15.2. The van der Waals surface area contributed by atoms with Crippen molar-refractivity contribution in [3.05, 3.63) is 114 Å². The van der Waals surface area contributed by atoms with Crippen molar-refractivity contribution in [3.63, 3.8) is 0 Å². The van der Waals surface area contributed by atoms with Crippen LogP contribution in [0.3, 0.4) is 0 Å². The summed E-state index contributed by atoms with van der Waals surface area (Å²) in [5, 5.41) is 0. The Labute approximate surface area is 276 Å². The second-order valence-corrected chi connectivity index (χ2v) is 10.8. The highest BCUT2D eigenvalue weighted by molar-refractivity contribution is 5.91. The second-order valence-electron chi connectivity index (χ2n) is 10.8. The minimum absolute atomic E-state index is 0.0676. The van der Waals surface area contributed by atoms with Crippen molar-refractivity contribution in [1.82, 2.24) is 0 Å². The smallest absolute Gasteiger partial charge is 0.343 e. The second kappa shape index (κ2) is 15.6. The van der Waals surface area contributed by atoms with Crippen LogP contribution in [0.4, 0.5) is 0 Å². The molecule has 4 aromatic carbocycles. The number of rotatable bonds is 14. The third-order valence-electron chi connectivity index (χ3n) is 7.72. The van der Waals surface area contributed by atoms with Gasteiger partial charge in [-0.2, -0.15) is 4.89 Å². The molecule has 2 aliphatic heterocycles. The van der Waals surface area contributed by atoms with Crippen molar-refractivity contribution in [2.75, 3.05) is 34.2 Å². The van der Waals surface area contributed by atoms with Crippen molar-refractivity contribution in [2.45, 2.75) is 31.0 Å². The highest BCUT2D eigenvalue weighted by atomic mass is 17.2. The molecule has 12 heteroatoms. The first-order chi connectivity index (χ1) is 23.5. The summed E-state index contributed by atoms with van der Waals surface area (Å²) in [5.41, 5.74) is 1.57. The third-order valence-corrected chi connectivity index (χ3v) is 7.72. The summed E-state index contributed by atoms with van der Waals surface area (Å²) in [6.45, 7) is 0.564. The summed E-state index contributed by atoms with van der Waals surface area (Å²) in [7, 11) is 3.16. The van der Waals surface area contributed by atoms with Gasteiger partial charge in [0, 0.05) is 0 Å². The molecule has 0 spiro atoms. The van der Waals surface area contributed by atoms with Gasteiger partial charge < -0.3 is 42.8 Å². The number of carbonyl (C=O) groups excluding carboxylic acids is 2. The van der Waals surface area contributed by atoms with Crippen molar-refractivity contribution < 1.29 is 57.3 Å². The van der Waals surface area contributed by atoms with E-state index in [9.17, 15) is 9.59 Å². The molecule has 0 unspecified atom stereocenters. The first kappa shape index (κ1) is 32.8. The minimum Gasteiger partial charge on any atom is -0.497 e. The van der Waals surface area contributed by atoms with Gasteiger partial charge in [0.1, 0.15) is 47.9 Å². The molecular weight excluding hydrogens is 624 g/mol. The normalized spacial score (nSPS) is 19.6. The van der Waals surface area contributed by atoms with Crippen molar-refractivity contribution in [1.29, 1.82) is 0 Å². The van der Waals surface area contributed by atoms with Crippen LogP contribution in [0, 0.1) is 0 Å². The largest absolute Gasteiger partial charge is 0.497 e. The molecule has 0 aliphatic carbocycles. The monoisotopic (exact) mass is 658 g/mol. The molecule has 2 heterocycles. The third kappa shape index (κ3) is 8.22. The fourth-order valence-electron chi connectivity index (χ4n) is 5.10. The maximum absolute atomic E-state index is 12.9. The number of fused-ring (bicyclic) bond motifs is 1. The van der Waals surface area contributed by atoms with Gasteiger partial charge in [0.25, 0.3) is 0 Å². The first-order valence-corrected chi connectivity index (χ1v) is 15.2. The topological polar surface area (TPSA) is 126 Å². The van der Waals surface area contributed by atoms with Crippen molar-refractivity contribution in [3.8, 4) is 28.7 Å².